The molecule has 16 heavy (non-hydrogen) atoms. The van der Waals surface area contributed by atoms with Gasteiger partial charge in [0.2, 0.25) is 5.95 Å². The zero-order valence-electron chi connectivity index (χ0n) is 8.74. The highest BCUT2D eigenvalue weighted by Crippen LogP contribution is 2.23. The molecule has 2 rings (SSSR count). The molecule has 0 unspecified atom stereocenters. The minimum absolute atomic E-state index is 0.748. The summed E-state index contributed by atoms with van der Waals surface area (Å²) in [4.78, 5) is 4.26. The largest absolute Gasteiger partial charge is 0.356 e. The van der Waals surface area contributed by atoms with Gasteiger partial charge in [0.1, 0.15) is 0 Å². The third kappa shape index (κ3) is 2.32. The molecule has 2 aromatic rings. The Morgan fingerprint density at radius 3 is 3.00 bits per heavy atom. The first-order chi connectivity index (χ1) is 7.72. The summed E-state index contributed by atoms with van der Waals surface area (Å²) in [6.45, 7) is 2.90. The molecular weight excluding hydrogens is 336 g/mol. The molecule has 0 radical (unpaired) electrons. The summed E-state index contributed by atoms with van der Waals surface area (Å²) in [7, 11) is 0. The topological polar surface area (TPSA) is 29.9 Å². The number of benzene rings is 1. The summed E-state index contributed by atoms with van der Waals surface area (Å²) < 4.78 is 3.11. The van der Waals surface area contributed by atoms with Gasteiger partial charge in [-0.05, 0) is 47.7 Å². The van der Waals surface area contributed by atoms with E-state index in [4.69, 9.17) is 11.6 Å². The molecule has 1 heterocycles. The summed E-state index contributed by atoms with van der Waals surface area (Å²) >= 11 is 8.21. The van der Waals surface area contributed by atoms with Crippen molar-refractivity contribution in [2.24, 2.45) is 0 Å². The lowest BCUT2D eigenvalue weighted by Gasteiger charge is -2.10. The fourth-order valence-corrected chi connectivity index (χ4v) is 2.59. The molecule has 0 atom stereocenters. The number of anilines is 1. The highest BCUT2D eigenvalue weighted by Gasteiger charge is 2.07. The maximum absolute atomic E-state index is 5.93. The quantitative estimate of drug-likeness (QED) is 0.860. The Kier molecular flexibility index (Phi) is 3.70. The van der Waals surface area contributed by atoms with Gasteiger partial charge in [0.15, 0.2) is 0 Å². The van der Waals surface area contributed by atoms with Gasteiger partial charge in [0, 0.05) is 27.5 Å². The van der Waals surface area contributed by atoms with Gasteiger partial charge in [-0.15, -0.1) is 0 Å². The molecule has 0 amide bonds. The summed E-state index contributed by atoms with van der Waals surface area (Å²) in [6, 6.07) is 5.81. The monoisotopic (exact) mass is 347 g/mol. The van der Waals surface area contributed by atoms with Crippen LogP contribution in [0.1, 0.15) is 6.92 Å². The molecule has 0 saturated heterocycles. The number of rotatable bonds is 3. The Bertz CT molecular complexity index is 496. The van der Waals surface area contributed by atoms with Gasteiger partial charge in [0.25, 0.3) is 0 Å². The van der Waals surface area contributed by atoms with Crippen molar-refractivity contribution in [1.29, 1.82) is 0 Å². The first-order valence-electron chi connectivity index (χ1n) is 4.95. The van der Waals surface area contributed by atoms with Gasteiger partial charge in [0.05, 0.1) is 5.69 Å². The molecule has 0 aliphatic heterocycles. The van der Waals surface area contributed by atoms with Crippen LogP contribution >= 0.6 is 34.2 Å². The van der Waals surface area contributed by atoms with Crippen LogP contribution in [0.3, 0.4) is 0 Å². The standard InChI is InChI=1S/C11H11ClIN3/c1-2-14-11-15-5-6-16(11)10-4-3-8(12)7-9(10)13/h3-7H,2H2,1H3,(H,14,15). The van der Waals surface area contributed by atoms with E-state index in [1.54, 1.807) is 6.20 Å². The molecule has 1 aromatic heterocycles. The molecule has 84 valence electrons. The van der Waals surface area contributed by atoms with E-state index in [1.165, 1.54) is 0 Å². The Hall–Kier alpha value is -0.750. The van der Waals surface area contributed by atoms with Crippen molar-refractivity contribution in [3.8, 4) is 5.69 Å². The lowest BCUT2D eigenvalue weighted by atomic mass is 10.3. The molecule has 0 spiro atoms. The van der Waals surface area contributed by atoms with Crippen LogP contribution in [-0.4, -0.2) is 16.1 Å². The molecular formula is C11H11ClIN3. The highest BCUT2D eigenvalue weighted by atomic mass is 127. The number of hydrogen-bond donors (Lipinski definition) is 1. The maximum atomic E-state index is 5.93. The van der Waals surface area contributed by atoms with Crippen LogP contribution in [0.25, 0.3) is 5.69 Å². The van der Waals surface area contributed by atoms with Crippen molar-refractivity contribution in [1.82, 2.24) is 9.55 Å². The van der Waals surface area contributed by atoms with Crippen molar-refractivity contribution in [2.45, 2.75) is 6.92 Å². The van der Waals surface area contributed by atoms with Gasteiger partial charge in [-0.1, -0.05) is 11.6 Å². The van der Waals surface area contributed by atoms with Crippen LogP contribution < -0.4 is 5.32 Å². The number of halogens is 2. The molecule has 0 aliphatic rings. The van der Waals surface area contributed by atoms with Crippen molar-refractivity contribution in [2.75, 3.05) is 11.9 Å². The average Bonchev–Trinajstić information content (AvgIpc) is 2.67. The van der Waals surface area contributed by atoms with Crippen LogP contribution in [0, 0.1) is 3.57 Å². The number of nitrogens with zero attached hydrogens (tertiary/aromatic N) is 2. The highest BCUT2D eigenvalue weighted by molar-refractivity contribution is 14.1. The smallest absolute Gasteiger partial charge is 0.207 e. The molecule has 0 fully saturated rings. The van der Waals surface area contributed by atoms with Gasteiger partial charge < -0.3 is 5.32 Å². The van der Waals surface area contributed by atoms with Crippen molar-refractivity contribution < 1.29 is 0 Å². The first kappa shape index (κ1) is 11.7. The van der Waals surface area contributed by atoms with E-state index in [0.717, 1.165) is 26.8 Å². The molecule has 0 bridgehead atoms. The fourth-order valence-electron chi connectivity index (χ4n) is 1.46. The Morgan fingerprint density at radius 2 is 2.31 bits per heavy atom. The van der Waals surface area contributed by atoms with Gasteiger partial charge >= 0.3 is 0 Å². The molecule has 0 aliphatic carbocycles. The van der Waals surface area contributed by atoms with E-state index in [0.29, 0.717) is 0 Å². The van der Waals surface area contributed by atoms with Gasteiger partial charge in [-0.3, -0.25) is 4.57 Å². The Morgan fingerprint density at radius 1 is 1.50 bits per heavy atom. The predicted molar refractivity (Wildman–Crippen MR) is 75.5 cm³/mol. The van der Waals surface area contributed by atoms with Gasteiger partial charge in [-0.2, -0.15) is 0 Å². The second-order valence-electron chi connectivity index (χ2n) is 3.25. The van der Waals surface area contributed by atoms with E-state index in [-0.39, 0.29) is 0 Å². The second-order valence-corrected chi connectivity index (χ2v) is 4.85. The Balaban J connectivity index is 2.46. The van der Waals surface area contributed by atoms with Crippen molar-refractivity contribution >= 4 is 40.1 Å². The Labute approximate surface area is 113 Å². The summed E-state index contributed by atoms with van der Waals surface area (Å²) in [5.74, 6) is 0.850. The molecule has 3 nitrogen and oxygen atoms in total. The zero-order valence-corrected chi connectivity index (χ0v) is 11.7. The lowest BCUT2D eigenvalue weighted by Crippen LogP contribution is -2.05. The third-order valence-electron chi connectivity index (χ3n) is 2.14. The van der Waals surface area contributed by atoms with Crippen LogP contribution in [0.4, 0.5) is 5.95 Å². The van der Waals surface area contributed by atoms with Crippen molar-refractivity contribution in [3.05, 3.63) is 39.2 Å². The second kappa shape index (κ2) is 5.05. The molecule has 0 saturated carbocycles. The number of nitrogens with one attached hydrogen (secondary N) is 1. The van der Waals surface area contributed by atoms with E-state index in [9.17, 15) is 0 Å². The SMILES string of the molecule is CCNc1nccn1-c1ccc(Cl)cc1I. The molecule has 1 aromatic carbocycles. The van der Waals surface area contributed by atoms with Crippen LogP contribution in [0.5, 0.6) is 0 Å². The van der Waals surface area contributed by atoms with E-state index >= 15 is 0 Å². The van der Waals surface area contributed by atoms with E-state index in [1.807, 2.05) is 35.9 Å². The van der Waals surface area contributed by atoms with Crippen LogP contribution in [-0.2, 0) is 0 Å². The van der Waals surface area contributed by atoms with Gasteiger partial charge in [-0.25, -0.2) is 4.98 Å². The third-order valence-corrected chi connectivity index (χ3v) is 3.24. The van der Waals surface area contributed by atoms with E-state index in [2.05, 4.69) is 32.9 Å². The normalized spacial score (nSPS) is 10.4. The summed E-state index contributed by atoms with van der Waals surface area (Å²) in [6.07, 6.45) is 3.71. The molecule has 5 heteroatoms. The van der Waals surface area contributed by atoms with Crippen molar-refractivity contribution in [3.63, 3.8) is 0 Å². The van der Waals surface area contributed by atoms with E-state index < -0.39 is 0 Å². The summed E-state index contributed by atoms with van der Waals surface area (Å²) in [5.41, 5.74) is 1.08. The zero-order chi connectivity index (χ0) is 11.5. The number of hydrogen-bond acceptors (Lipinski definition) is 2. The minimum Gasteiger partial charge on any atom is -0.356 e. The summed E-state index contributed by atoms with van der Waals surface area (Å²) in [5, 5.41) is 3.96. The average molecular weight is 348 g/mol. The lowest BCUT2D eigenvalue weighted by molar-refractivity contribution is 1.02. The van der Waals surface area contributed by atoms with Crippen LogP contribution in [0.15, 0.2) is 30.6 Å². The number of aromatic nitrogens is 2. The minimum atomic E-state index is 0.748. The van der Waals surface area contributed by atoms with Crippen LogP contribution in [0.2, 0.25) is 5.02 Å². The predicted octanol–water partition coefficient (Wildman–Crippen LogP) is 3.56. The first-order valence-corrected chi connectivity index (χ1v) is 6.40. The number of imidazole rings is 1. The maximum Gasteiger partial charge on any atom is 0.207 e. The fraction of sp³-hybridized carbons (Fsp3) is 0.182. The molecule has 1 N–H and O–H groups in total.